The van der Waals surface area contributed by atoms with Crippen LogP contribution >= 0.6 is 0 Å². The molecule has 0 aromatic heterocycles. The number of hydrogen-bond acceptors (Lipinski definition) is 2. The first-order valence-corrected chi connectivity index (χ1v) is 4.66. The largest absolute Gasteiger partial charge is 0.329 e. The Labute approximate surface area is 70.3 Å². The molecule has 2 atom stereocenters. The zero-order valence-corrected chi connectivity index (χ0v) is 7.84. The van der Waals surface area contributed by atoms with Gasteiger partial charge in [0.05, 0.1) is 0 Å². The molecule has 0 amide bonds. The average Bonchev–Trinajstić information content (AvgIpc) is 2.04. The summed E-state index contributed by atoms with van der Waals surface area (Å²) in [6.07, 6.45) is 4.89. The van der Waals surface area contributed by atoms with Crippen molar-refractivity contribution in [1.82, 2.24) is 0 Å². The van der Waals surface area contributed by atoms with E-state index in [1.165, 1.54) is 19.3 Å². The molecule has 4 N–H and O–H groups in total. The molecule has 0 aliphatic rings. The first kappa shape index (κ1) is 10.9. The van der Waals surface area contributed by atoms with Crippen LogP contribution in [0.2, 0.25) is 0 Å². The van der Waals surface area contributed by atoms with Gasteiger partial charge in [0.1, 0.15) is 0 Å². The molecular formula is C9H22N2. The van der Waals surface area contributed by atoms with E-state index in [1.54, 1.807) is 0 Å². The summed E-state index contributed by atoms with van der Waals surface area (Å²) in [5.74, 6) is 0.847. The normalized spacial score (nSPS) is 16.4. The summed E-state index contributed by atoms with van der Waals surface area (Å²) < 4.78 is 0. The average molecular weight is 158 g/mol. The Morgan fingerprint density at radius 2 is 1.91 bits per heavy atom. The Hall–Kier alpha value is -0.0800. The van der Waals surface area contributed by atoms with Gasteiger partial charge in [-0.15, -0.1) is 0 Å². The minimum Gasteiger partial charge on any atom is -0.329 e. The molecule has 0 spiro atoms. The van der Waals surface area contributed by atoms with Crippen molar-refractivity contribution < 1.29 is 0 Å². The Morgan fingerprint density at radius 3 is 2.36 bits per heavy atom. The second-order valence-corrected chi connectivity index (χ2v) is 3.44. The maximum Gasteiger partial charge on any atom is 0.0163 e. The van der Waals surface area contributed by atoms with Gasteiger partial charge in [-0.1, -0.05) is 33.1 Å². The van der Waals surface area contributed by atoms with E-state index in [0.29, 0.717) is 6.54 Å². The van der Waals surface area contributed by atoms with Crippen molar-refractivity contribution in [3.63, 3.8) is 0 Å². The fourth-order valence-electron chi connectivity index (χ4n) is 1.05. The molecule has 0 rings (SSSR count). The molecule has 0 aromatic rings. The second kappa shape index (κ2) is 6.62. The highest BCUT2D eigenvalue weighted by Crippen LogP contribution is 2.11. The number of rotatable bonds is 6. The zero-order chi connectivity index (χ0) is 8.69. The third kappa shape index (κ3) is 6.32. The van der Waals surface area contributed by atoms with E-state index in [9.17, 15) is 0 Å². The van der Waals surface area contributed by atoms with Crippen LogP contribution < -0.4 is 11.5 Å². The summed E-state index contributed by atoms with van der Waals surface area (Å²) in [6, 6.07) is 0.221. The lowest BCUT2D eigenvalue weighted by Crippen LogP contribution is -2.29. The lowest BCUT2D eigenvalue weighted by molar-refractivity contribution is 0.463. The van der Waals surface area contributed by atoms with Crippen LogP contribution in [-0.2, 0) is 0 Å². The van der Waals surface area contributed by atoms with Crippen LogP contribution in [0.5, 0.6) is 0 Å². The van der Waals surface area contributed by atoms with Crippen molar-refractivity contribution in [2.75, 3.05) is 6.54 Å². The highest BCUT2D eigenvalue weighted by molar-refractivity contribution is 4.62. The summed E-state index contributed by atoms with van der Waals surface area (Å²) in [4.78, 5) is 0. The number of hydrogen-bond donors (Lipinski definition) is 2. The minimum absolute atomic E-state index is 0.221. The lowest BCUT2D eigenvalue weighted by Gasteiger charge is -2.10. The van der Waals surface area contributed by atoms with Crippen LogP contribution in [0.4, 0.5) is 0 Å². The van der Waals surface area contributed by atoms with Crippen LogP contribution in [0.3, 0.4) is 0 Å². The highest BCUT2D eigenvalue weighted by atomic mass is 14.7. The van der Waals surface area contributed by atoms with Crippen LogP contribution in [0.25, 0.3) is 0 Å². The van der Waals surface area contributed by atoms with Gasteiger partial charge in [-0.25, -0.2) is 0 Å². The molecule has 0 aromatic carbocycles. The fourth-order valence-corrected chi connectivity index (χ4v) is 1.05. The Kier molecular flexibility index (Phi) is 6.57. The van der Waals surface area contributed by atoms with E-state index in [-0.39, 0.29) is 6.04 Å². The van der Waals surface area contributed by atoms with E-state index in [0.717, 1.165) is 12.3 Å². The molecule has 2 nitrogen and oxygen atoms in total. The monoisotopic (exact) mass is 158 g/mol. The molecule has 11 heavy (non-hydrogen) atoms. The van der Waals surface area contributed by atoms with Crippen molar-refractivity contribution in [2.45, 2.75) is 45.6 Å². The predicted octanol–water partition coefficient (Wildman–Crippen LogP) is 1.49. The maximum atomic E-state index is 5.68. The van der Waals surface area contributed by atoms with E-state index >= 15 is 0 Å². The van der Waals surface area contributed by atoms with Gasteiger partial charge in [-0.2, -0.15) is 0 Å². The summed E-state index contributed by atoms with van der Waals surface area (Å²) in [7, 11) is 0. The molecule has 0 heterocycles. The summed E-state index contributed by atoms with van der Waals surface area (Å²) in [6.45, 7) is 5.14. The van der Waals surface area contributed by atoms with Crippen molar-refractivity contribution in [3.05, 3.63) is 0 Å². The van der Waals surface area contributed by atoms with Crippen LogP contribution in [-0.4, -0.2) is 12.6 Å². The molecule has 0 radical (unpaired) electrons. The first-order chi connectivity index (χ1) is 5.20. The van der Waals surface area contributed by atoms with E-state index in [2.05, 4.69) is 13.8 Å². The van der Waals surface area contributed by atoms with Crippen molar-refractivity contribution in [3.8, 4) is 0 Å². The van der Waals surface area contributed by atoms with Crippen LogP contribution in [0.1, 0.15) is 39.5 Å². The smallest absolute Gasteiger partial charge is 0.0163 e. The molecule has 0 bridgehead atoms. The lowest BCUT2D eigenvalue weighted by atomic mass is 10.00. The van der Waals surface area contributed by atoms with E-state index in [4.69, 9.17) is 11.5 Å². The molecule has 0 fully saturated rings. The highest BCUT2D eigenvalue weighted by Gasteiger charge is 2.01. The molecule has 0 aliphatic carbocycles. The zero-order valence-electron chi connectivity index (χ0n) is 7.84. The molecule has 0 saturated heterocycles. The topological polar surface area (TPSA) is 52.0 Å². The molecule has 0 aliphatic heterocycles. The van der Waals surface area contributed by atoms with Gasteiger partial charge in [0, 0.05) is 12.6 Å². The molecule has 2 heteroatoms. The Morgan fingerprint density at radius 1 is 1.27 bits per heavy atom. The second-order valence-electron chi connectivity index (χ2n) is 3.44. The molecule has 0 saturated carbocycles. The Balaban J connectivity index is 3.13. The van der Waals surface area contributed by atoms with Gasteiger partial charge in [-0.3, -0.25) is 0 Å². The number of nitrogens with two attached hydrogens (primary N) is 2. The summed E-state index contributed by atoms with van der Waals surface area (Å²) in [5.41, 5.74) is 11.1. The van der Waals surface area contributed by atoms with Crippen molar-refractivity contribution in [1.29, 1.82) is 0 Å². The van der Waals surface area contributed by atoms with E-state index < -0.39 is 0 Å². The van der Waals surface area contributed by atoms with Gasteiger partial charge in [-0.05, 0) is 12.3 Å². The van der Waals surface area contributed by atoms with Crippen molar-refractivity contribution >= 4 is 0 Å². The first-order valence-electron chi connectivity index (χ1n) is 4.66. The third-order valence-corrected chi connectivity index (χ3v) is 2.27. The molecular weight excluding hydrogens is 136 g/mol. The predicted molar refractivity (Wildman–Crippen MR) is 50.3 cm³/mol. The van der Waals surface area contributed by atoms with E-state index in [1.807, 2.05) is 0 Å². The quantitative estimate of drug-likeness (QED) is 0.615. The summed E-state index contributed by atoms with van der Waals surface area (Å²) >= 11 is 0. The third-order valence-electron chi connectivity index (χ3n) is 2.27. The van der Waals surface area contributed by atoms with Crippen LogP contribution in [0, 0.1) is 5.92 Å². The minimum atomic E-state index is 0.221. The van der Waals surface area contributed by atoms with Crippen molar-refractivity contribution in [2.24, 2.45) is 17.4 Å². The SMILES string of the molecule is CCC(C)CCC[C@H](N)CN. The fraction of sp³-hybridized carbons (Fsp3) is 1.00. The van der Waals surface area contributed by atoms with Gasteiger partial charge < -0.3 is 11.5 Å². The van der Waals surface area contributed by atoms with Gasteiger partial charge >= 0.3 is 0 Å². The molecule has 68 valence electrons. The standard InChI is InChI=1S/C9H22N2/c1-3-8(2)5-4-6-9(11)7-10/h8-9H,3-7,10-11H2,1-2H3/t8?,9-/m0/s1. The van der Waals surface area contributed by atoms with Gasteiger partial charge in [0.2, 0.25) is 0 Å². The van der Waals surface area contributed by atoms with Gasteiger partial charge in [0.25, 0.3) is 0 Å². The maximum absolute atomic E-state index is 5.68. The molecule has 1 unspecified atom stereocenters. The summed E-state index contributed by atoms with van der Waals surface area (Å²) in [5, 5.41) is 0. The Bertz CT molecular complexity index is 73.6. The van der Waals surface area contributed by atoms with Crippen LogP contribution in [0.15, 0.2) is 0 Å². The van der Waals surface area contributed by atoms with Gasteiger partial charge in [0.15, 0.2) is 0 Å².